The smallest absolute Gasteiger partial charge is 0.411 e. The number of amides is 1. The Labute approximate surface area is 196 Å². The molecule has 4 aromatic rings. The Balaban J connectivity index is 0.000000192. The van der Waals surface area contributed by atoms with E-state index in [0.717, 1.165) is 22.6 Å². The highest BCUT2D eigenvalue weighted by molar-refractivity contribution is 7.07. The number of fused-ring (bicyclic) bond motifs is 1. The van der Waals surface area contributed by atoms with E-state index in [0.29, 0.717) is 30.4 Å². The van der Waals surface area contributed by atoms with E-state index >= 15 is 0 Å². The van der Waals surface area contributed by atoms with Crippen LogP contribution in [0.3, 0.4) is 0 Å². The molecule has 0 spiro atoms. The van der Waals surface area contributed by atoms with Gasteiger partial charge in [-0.3, -0.25) is 5.32 Å². The van der Waals surface area contributed by atoms with E-state index in [1.165, 1.54) is 0 Å². The Morgan fingerprint density at radius 1 is 1.09 bits per heavy atom. The zero-order chi connectivity index (χ0) is 23.6. The van der Waals surface area contributed by atoms with E-state index in [1.807, 2.05) is 49.0 Å². The Morgan fingerprint density at radius 2 is 1.85 bits per heavy atom. The van der Waals surface area contributed by atoms with Gasteiger partial charge in [0.15, 0.2) is 17.3 Å². The third-order valence-corrected chi connectivity index (χ3v) is 4.78. The van der Waals surface area contributed by atoms with Crippen LogP contribution < -0.4 is 14.8 Å². The first kappa shape index (κ1) is 24.1. The molecule has 2 N–H and O–H groups in total. The standard InChI is InChI=1S/C14H21NO4.C10H7N3S/c1-5-17-12-8-7-11(9-13(12)18-6-2)15-14(16)19-10(3)4;1-2-4-8-7(3-1)12-10(13-8)9-5-14-6-11-9/h7-10H,5-6H2,1-4H3,(H,15,16);1-6H,(H,12,13). The first-order valence-corrected chi connectivity index (χ1v) is 11.6. The molecule has 174 valence electrons. The van der Waals surface area contributed by atoms with Crippen LogP contribution in [-0.4, -0.2) is 40.4 Å². The number of anilines is 1. The predicted molar refractivity (Wildman–Crippen MR) is 131 cm³/mol. The summed E-state index contributed by atoms with van der Waals surface area (Å²) in [5, 5.41) is 4.63. The van der Waals surface area contributed by atoms with Gasteiger partial charge in [-0.1, -0.05) is 12.1 Å². The van der Waals surface area contributed by atoms with Crippen molar-refractivity contribution in [3.05, 3.63) is 53.4 Å². The van der Waals surface area contributed by atoms with Crippen molar-refractivity contribution in [1.82, 2.24) is 15.0 Å². The largest absolute Gasteiger partial charge is 0.490 e. The van der Waals surface area contributed by atoms with E-state index in [9.17, 15) is 4.79 Å². The second kappa shape index (κ2) is 11.9. The molecule has 0 atom stereocenters. The molecule has 0 aliphatic heterocycles. The third kappa shape index (κ3) is 6.95. The van der Waals surface area contributed by atoms with Gasteiger partial charge in [-0.15, -0.1) is 11.3 Å². The fourth-order valence-electron chi connectivity index (χ4n) is 2.89. The van der Waals surface area contributed by atoms with Crippen molar-refractivity contribution < 1.29 is 19.0 Å². The van der Waals surface area contributed by atoms with E-state index in [4.69, 9.17) is 14.2 Å². The molecule has 0 saturated heterocycles. The average Bonchev–Trinajstić information content (AvgIpc) is 3.45. The van der Waals surface area contributed by atoms with Gasteiger partial charge in [0, 0.05) is 17.1 Å². The van der Waals surface area contributed by atoms with Gasteiger partial charge in [-0.25, -0.2) is 14.8 Å². The lowest BCUT2D eigenvalue weighted by Gasteiger charge is -2.13. The Morgan fingerprint density at radius 3 is 2.52 bits per heavy atom. The number of carbonyl (C=O) groups excluding carboxylic acids is 1. The minimum atomic E-state index is -0.485. The predicted octanol–water partition coefficient (Wildman–Crippen LogP) is 6.13. The number of nitrogens with one attached hydrogen (secondary N) is 2. The van der Waals surface area contributed by atoms with Crippen molar-refractivity contribution in [3.63, 3.8) is 0 Å². The minimum Gasteiger partial charge on any atom is -0.490 e. The van der Waals surface area contributed by atoms with Crippen molar-refractivity contribution in [2.75, 3.05) is 18.5 Å². The number of aromatic amines is 1. The molecule has 2 heterocycles. The molecule has 0 bridgehead atoms. The quantitative estimate of drug-likeness (QED) is 0.339. The fourth-order valence-corrected chi connectivity index (χ4v) is 3.43. The van der Waals surface area contributed by atoms with Gasteiger partial charge in [0.1, 0.15) is 5.69 Å². The summed E-state index contributed by atoms with van der Waals surface area (Å²) in [6, 6.07) is 13.2. The maximum atomic E-state index is 11.5. The number of ether oxygens (including phenoxy) is 3. The van der Waals surface area contributed by atoms with Crippen LogP contribution in [0.4, 0.5) is 10.5 Å². The van der Waals surface area contributed by atoms with Gasteiger partial charge < -0.3 is 19.2 Å². The summed E-state index contributed by atoms with van der Waals surface area (Å²) >= 11 is 1.57. The molecule has 0 aliphatic rings. The molecular weight excluding hydrogens is 440 g/mol. The number of hydrogen-bond donors (Lipinski definition) is 2. The lowest BCUT2D eigenvalue weighted by molar-refractivity contribution is 0.130. The molecule has 9 heteroatoms. The molecule has 0 unspecified atom stereocenters. The number of nitrogens with zero attached hydrogens (tertiary/aromatic N) is 2. The summed E-state index contributed by atoms with van der Waals surface area (Å²) in [5.74, 6) is 2.10. The van der Waals surface area contributed by atoms with E-state index in [-0.39, 0.29) is 6.10 Å². The number of thiazole rings is 1. The van der Waals surface area contributed by atoms with Gasteiger partial charge in [-0.05, 0) is 52.0 Å². The first-order valence-electron chi connectivity index (χ1n) is 10.7. The molecule has 0 radical (unpaired) electrons. The molecule has 1 amide bonds. The number of imidazole rings is 1. The number of para-hydroxylation sites is 2. The number of rotatable bonds is 7. The van der Waals surface area contributed by atoms with Crippen LogP contribution in [0.1, 0.15) is 27.7 Å². The Hall–Kier alpha value is -3.59. The van der Waals surface area contributed by atoms with Crippen LogP contribution in [0, 0.1) is 0 Å². The summed E-state index contributed by atoms with van der Waals surface area (Å²) in [4.78, 5) is 23.4. The summed E-state index contributed by atoms with van der Waals surface area (Å²) in [5.41, 5.74) is 5.36. The number of carbonyl (C=O) groups is 1. The molecule has 2 aromatic carbocycles. The van der Waals surface area contributed by atoms with Crippen molar-refractivity contribution in [3.8, 4) is 23.0 Å². The van der Waals surface area contributed by atoms with Crippen LogP contribution in [0.25, 0.3) is 22.6 Å². The van der Waals surface area contributed by atoms with E-state index < -0.39 is 6.09 Å². The van der Waals surface area contributed by atoms with Crippen LogP contribution in [0.5, 0.6) is 11.5 Å². The van der Waals surface area contributed by atoms with Gasteiger partial charge in [0.2, 0.25) is 0 Å². The molecule has 0 aliphatic carbocycles. The van der Waals surface area contributed by atoms with Crippen molar-refractivity contribution in [2.45, 2.75) is 33.8 Å². The summed E-state index contributed by atoms with van der Waals surface area (Å²) in [6.45, 7) is 8.47. The normalized spacial score (nSPS) is 10.5. The van der Waals surface area contributed by atoms with Gasteiger partial charge in [0.25, 0.3) is 0 Å². The maximum Gasteiger partial charge on any atom is 0.411 e. The van der Waals surface area contributed by atoms with Gasteiger partial charge >= 0.3 is 6.09 Å². The number of aromatic nitrogens is 3. The van der Waals surface area contributed by atoms with Crippen molar-refractivity contribution >= 4 is 34.2 Å². The van der Waals surface area contributed by atoms with E-state index in [2.05, 4.69) is 20.3 Å². The zero-order valence-corrected chi connectivity index (χ0v) is 19.9. The molecular formula is C24H28N4O4S. The second-order valence-electron chi connectivity index (χ2n) is 7.08. The highest BCUT2D eigenvalue weighted by atomic mass is 32.1. The van der Waals surface area contributed by atoms with Crippen LogP contribution in [-0.2, 0) is 4.74 Å². The summed E-state index contributed by atoms with van der Waals surface area (Å²) in [7, 11) is 0. The molecule has 4 rings (SSSR count). The molecule has 33 heavy (non-hydrogen) atoms. The SMILES string of the molecule is CCOc1ccc(NC(=O)OC(C)C)cc1OCC.c1ccc2[nH]c(-c3cscn3)nc2c1. The van der Waals surface area contributed by atoms with Crippen molar-refractivity contribution in [2.24, 2.45) is 0 Å². The fraction of sp³-hybridized carbons (Fsp3) is 0.292. The molecule has 0 fully saturated rings. The van der Waals surface area contributed by atoms with E-state index in [1.54, 1.807) is 43.4 Å². The maximum absolute atomic E-state index is 11.5. The molecule has 0 saturated carbocycles. The number of benzene rings is 2. The average molecular weight is 469 g/mol. The van der Waals surface area contributed by atoms with Crippen LogP contribution >= 0.6 is 11.3 Å². The summed E-state index contributed by atoms with van der Waals surface area (Å²) < 4.78 is 15.9. The molecule has 2 aromatic heterocycles. The second-order valence-corrected chi connectivity index (χ2v) is 7.80. The minimum absolute atomic E-state index is 0.158. The Kier molecular flexibility index (Phi) is 8.65. The Bertz CT molecular complexity index is 1130. The third-order valence-electron chi connectivity index (χ3n) is 4.20. The number of H-pyrrole nitrogens is 1. The monoisotopic (exact) mass is 468 g/mol. The number of hydrogen-bond acceptors (Lipinski definition) is 7. The highest BCUT2D eigenvalue weighted by Crippen LogP contribution is 2.30. The summed E-state index contributed by atoms with van der Waals surface area (Å²) in [6.07, 6.45) is -0.643. The van der Waals surface area contributed by atoms with Gasteiger partial charge in [-0.2, -0.15) is 0 Å². The van der Waals surface area contributed by atoms with Crippen LogP contribution in [0.2, 0.25) is 0 Å². The lowest BCUT2D eigenvalue weighted by Crippen LogP contribution is -2.18. The highest BCUT2D eigenvalue weighted by Gasteiger charge is 2.10. The van der Waals surface area contributed by atoms with Gasteiger partial charge in [0.05, 0.1) is 35.9 Å². The molecule has 8 nitrogen and oxygen atoms in total. The van der Waals surface area contributed by atoms with Crippen molar-refractivity contribution in [1.29, 1.82) is 0 Å². The zero-order valence-electron chi connectivity index (χ0n) is 19.1. The van der Waals surface area contributed by atoms with Crippen LogP contribution in [0.15, 0.2) is 53.4 Å². The first-order chi connectivity index (χ1) is 16.0. The lowest BCUT2D eigenvalue weighted by atomic mass is 10.2. The topological polar surface area (TPSA) is 98.4 Å².